The highest BCUT2D eigenvalue weighted by Gasteiger charge is 2.21. The normalized spacial score (nSPS) is 14.2. The molecule has 1 saturated heterocycles. The highest BCUT2D eigenvalue weighted by atomic mass is 16.2. The number of hydrogen-bond acceptors (Lipinski definition) is 3. The van der Waals surface area contributed by atoms with Crippen LogP contribution in [0, 0.1) is 0 Å². The van der Waals surface area contributed by atoms with Gasteiger partial charge >= 0.3 is 0 Å². The fourth-order valence-corrected chi connectivity index (χ4v) is 3.13. The van der Waals surface area contributed by atoms with E-state index < -0.39 is 0 Å². The third-order valence-electron chi connectivity index (χ3n) is 4.52. The number of carbonyl (C=O) groups is 1. The summed E-state index contributed by atoms with van der Waals surface area (Å²) in [5.74, 6) is 0.0439. The Morgan fingerprint density at radius 2 is 1.88 bits per heavy atom. The summed E-state index contributed by atoms with van der Waals surface area (Å²) >= 11 is 0. The summed E-state index contributed by atoms with van der Waals surface area (Å²) in [6.45, 7) is 6.83. The van der Waals surface area contributed by atoms with Gasteiger partial charge in [-0.3, -0.25) is 9.78 Å². The van der Waals surface area contributed by atoms with Crippen LogP contribution in [-0.2, 0) is 6.54 Å². The van der Waals surface area contributed by atoms with Gasteiger partial charge in [0.1, 0.15) is 0 Å². The minimum Gasteiger partial charge on any atom is -0.370 e. The van der Waals surface area contributed by atoms with Gasteiger partial charge in [0.25, 0.3) is 5.91 Å². The molecule has 1 aliphatic heterocycles. The molecule has 0 saturated carbocycles. The molecule has 126 valence electrons. The van der Waals surface area contributed by atoms with E-state index in [4.69, 9.17) is 0 Å². The average Bonchev–Trinajstić information content (AvgIpc) is 3.14. The van der Waals surface area contributed by atoms with Crippen LogP contribution in [0.5, 0.6) is 0 Å². The number of rotatable bonds is 5. The summed E-state index contributed by atoms with van der Waals surface area (Å²) in [6, 6.07) is 12.2. The first-order chi connectivity index (χ1) is 11.6. The molecular weight excluding hydrogens is 298 g/mol. The number of pyridine rings is 1. The maximum absolute atomic E-state index is 13.0. The molecule has 3 rings (SSSR count). The number of benzene rings is 1. The van der Waals surface area contributed by atoms with E-state index >= 15 is 0 Å². The van der Waals surface area contributed by atoms with Crippen LogP contribution in [0.4, 0.5) is 5.69 Å². The monoisotopic (exact) mass is 323 g/mol. The number of anilines is 1. The molecule has 0 N–H and O–H groups in total. The van der Waals surface area contributed by atoms with E-state index in [0.717, 1.165) is 24.3 Å². The van der Waals surface area contributed by atoms with E-state index in [1.165, 1.54) is 12.8 Å². The van der Waals surface area contributed by atoms with E-state index in [2.05, 4.69) is 35.9 Å². The lowest BCUT2D eigenvalue weighted by Gasteiger charge is -2.27. The van der Waals surface area contributed by atoms with E-state index in [1.807, 2.05) is 35.4 Å². The van der Waals surface area contributed by atoms with Gasteiger partial charge in [-0.1, -0.05) is 30.3 Å². The van der Waals surface area contributed by atoms with Crippen molar-refractivity contribution in [3.63, 3.8) is 0 Å². The van der Waals surface area contributed by atoms with Crippen molar-refractivity contribution in [2.45, 2.75) is 39.3 Å². The second-order valence-electron chi connectivity index (χ2n) is 6.64. The lowest BCUT2D eigenvalue weighted by molar-refractivity contribution is 0.0690. The molecule has 0 unspecified atom stereocenters. The van der Waals surface area contributed by atoms with Crippen molar-refractivity contribution in [2.24, 2.45) is 0 Å². The standard InChI is InChI=1S/C20H25N3O/c1-16(2)23(15-17-8-4-3-5-9-17)20(24)18-12-19(14-21-13-18)22-10-6-7-11-22/h3-5,8-9,12-14,16H,6-7,10-11,15H2,1-2H3. The van der Waals surface area contributed by atoms with Crippen molar-refractivity contribution >= 4 is 11.6 Å². The first-order valence-corrected chi connectivity index (χ1v) is 8.70. The molecule has 0 radical (unpaired) electrons. The molecule has 1 aromatic carbocycles. The summed E-state index contributed by atoms with van der Waals surface area (Å²) in [4.78, 5) is 21.5. The van der Waals surface area contributed by atoms with Crippen molar-refractivity contribution in [1.82, 2.24) is 9.88 Å². The van der Waals surface area contributed by atoms with Crippen LogP contribution in [0.1, 0.15) is 42.6 Å². The van der Waals surface area contributed by atoms with Gasteiger partial charge in [0.15, 0.2) is 0 Å². The molecule has 1 aliphatic rings. The van der Waals surface area contributed by atoms with Crippen LogP contribution in [-0.4, -0.2) is 34.9 Å². The van der Waals surface area contributed by atoms with E-state index in [0.29, 0.717) is 12.1 Å². The zero-order valence-electron chi connectivity index (χ0n) is 14.5. The molecule has 1 aromatic heterocycles. The Balaban J connectivity index is 1.81. The molecule has 2 heterocycles. The summed E-state index contributed by atoms with van der Waals surface area (Å²) < 4.78 is 0. The first kappa shape index (κ1) is 16.5. The number of carbonyl (C=O) groups excluding carboxylic acids is 1. The average molecular weight is 323 g/mol. The van der Waals surface area contributed by atoms with Crippen molar-refractivity contribution in [3.8, 4) is 0 Å². The SMILES string of the molecule is CC(C)N(Cc1ccccc1)C(=O)c1cncc(N2CCCC2)c1. The second kappa shape index (κ2) is 7.47. The van der Waals surface area contributed by atoms with Crippen molar-refractivity contribution in [3.05, 3.63) is 59.9 Å². The molecule has 1 fully saturated rings. The Hall–Kier alpha value is -2.36. The molecule has 1 amide bonds. The number of aromatic nitrogens is 1. The predicted molar refractivity (Wildman–Crippen MR) is 97.1 cm³/mol. The van der Waals surface area contributed by atoms with Crippen molar-refractivity contribution in [2.75, 3.05) is 18.0 Å². The number of amides is 1. The fraction of sp³-hybridized carbons (Fsp3) is 0.400. The minimum absolute atomic E-state index is 0.0439. The summed E-state index contributed by atoms with van der Waals surface area (Å²) in [6.07, 6.45) is 5.97. The topological polar surface area (TPSA) is 36.4 Å². The predicted octanol–water partition coefficient (Wildman–Crippen LogP) is 3.73. The minimum atomic E-state index is 0.0439. The van der Waals surface area contributed by atoms with Gasteiger partial charge in [-0.25, -0.2) is 0 Å². The van der Waals surface area contributed by atoms with Crippen LogP contribution < -0.4 is 4.90 Å². The first-order valence-electron chi connectivity index (χ1n) is 8.70. The zero-order valence-corrected chi connectivity index (χ0v) is 14.5. The molecule has 0 aliphatic carbocycles. The Morgan fingerprint density at radius 3 is 2.54 bits per heavy atom. The molecule has 0 atom stereocenters. The van der Waals surface area contributed by atoms with Crippen molar-refractivity contribution in [1.29, 1.82) is 0 Å². The molecule has 0 bridgehead atoms. The van der Waals surface area contributed by atoms with Gasteiger partial charge in [-0.05, 0) is 38.3 Å². The lowest BCUT2D eigenvalue weighted by Crippen LogP contribution is -2.36. The van der Waals surface area contributed by atoms with Gasteiger partial charge < -0.3 is 9.80 Å². The maximum atomic E-state index is 13.0. The highest BCUT2D eigenvalue weighted by molar-refractivity contribution is 5.95. The van der Waals surface area contributed by atoms with E-state index in [-0.39, 0.29) is 11.9 Å². The van der Waals surface area contributed by atoms with Gasteiger partial charge in [0, 0.05) is 31.9 Å². The zero-order chi connectivity index (χ0) is 16.9. The lowest BCUT2D eigenvalue weighted by atomic mass is 10.1. The van der Waals surface area contributed by atoms with Gasteiger partial charge in [-0.15, -0.1) is 0 Å². The molecule has 24 heavy (non-hydrogen) atoms. The molecular formula is C20H25N3O. The summed E-state index contributed by atoms with van der Waals surface area (Å²) in [5.41, 5.74) is 2.87. The van der Waals surface area contributed by atoms with Gasteiger partial charge in [0.05, 0.1) is 17.4 Å². The van der Waals surface area contributed by atoms with Crippen LogP contribution in [0.25, 0.3) is 0 Å². The molecule has 4 heteroatoms. The van der Waals surface area contributed by atoms with E-state index in [1.54, 1.807) is 6.20 Å². The molecule has 0 spiro atoms. The van der Waals surface area contributed by atoms with E-state index in [9.17, 15) is 4.79 Å². The Bertz CT molecular complexity index is 678. The van der Waals surface area contributed by atoms with Gasteiger partial charge in [-0.2, -0.15) is 0 Å². The third kappa shape index (κ3) is 3.75. The Morgan fingerprint density at radius 1 is 1.17 bits per heavy atom. The number of hydrogen-bond donors (Lipinski definition) is 0. The largest absolute Gasteiger partial charge is 0.370 e. The fourth-order valence-electron chi connectivity index (χ4n) is 3.13. The van der Waals surface area contributed by atoms with Crippen molar-refractivity contribution < 1.29 is 4.79 Å². The molecule has 2 aromatic rings. The molecule has 4 nitrogen and oxygen atoms in total. The van der Waals surface area contributed by atoms with Crippen LogP contribution in [0.3, 0.4) is 0 Å². The summed E-state index contributed by atoms with van der Waals surface area (Å²) in [7, 11) is 0. The number of nitrogens with zero attached hydrogens (tertiary/aromatic N) is 3. The van der Waals surface area contributed by atoms with Crippen LogP contribution in [0.2, 0.25) is 0 Å². The Kier molecular flexibility index (Phi) is 5.14. The van der Waals surface area contributed by atoms with Crippen LogP contribution >= 0.6 is 0 Å². The van der Waals surface area contributed by atoms with Crippen LogP contribution in [0.15, 0.2) is 48.8 Å². The Labute approximate surface area is 144 Å². The second-order valence-corrected chi connectivity index (χ2v) is 6.64. The third-order valence-corrected chi connectivity index (χ3v) is 4.52. The highest BCUT2D eigenvalue weighted by Crippen LogP contribution is 2.21. The smallest absolute Gasteiger partial charge is 0.256 e. The van der Waals surface area contributed by atoms with Gasteiger partial charge in [0.2, 0.25) is 0 Å². The maximum Gasteiger partial charge on any atom is 0.256 e. The quantitative estimate of drug-likeness (QED) is 0.841. The summed E-state index contributed by atoms with van der Waals surface area (Å²) in [5, 5.41) is 0.